The second-order valence-corrected chi connectivity index (χ2v) is 6.37. The largest absolute Gasteiger partial charge is 0.322 e. The van der Waals surface area contributed by atoms with Crippen LogP contribution >= 0.6 is 15.9 Å². The number of carbonyl (C=O) groups excluding carboxylic acids is 1. The summed E-state index contributed by atoms with van der Waals surface area (Å²) >= 11 is 3.32. The fourth-order valence-corrected chi connectivity index (χ4v) is 2.78. The van der Waals surface area contributed by atoms with Gasteiger partial charge in [-0.15, -0.1) is 0 Å². The molecule has 25 heavy (non-hydrogen) atoms. The van der Waals surface area contributed by atoms with E-state index in [-0.39, 0.29) is 11.3 Å². The van der Waals surface area contributed by atoms with Gasteiger partial charge < -0.3 is 10.3 Å². The molecule has 2 aromatic rings. The minimum atomic E-state index is -0.523. The van der Waals surface area contributed by atoms with Gasteiger partial charge in [0.15, 0.2) is 0 Å². The molecule has 1 N–H and O–H groups in total. The lowest BCUT2D eigenvalue weighted by Gasteiger charge is -2.29. The van der Waals surface area contributed by atoms with E-state index in [1.165, 1.54) is 6.07 Å². The van der Waals surface area contributed by atoms with Crippen LogP contribution in [-0.2, 0) is 0 Å². The molecule has 0 fully saturated rings. The van der Waals surface area contributed by atoms with Crippen LogP contribution < -0.4 is 10.3 Å². The Morgan fingerprint density at radius 1 is 1.20 bits per heavy atom. The van der Waals surface area contributed by atoms with Gasteiger partial charge in [-0.3, -0.25) is 14.9 Å². The summed E-state index contributed by atoms with van der Waals surface area (Å²) < 4.78 is 0.878. The second kappa shape index (κ2) is 8.09. The van der Waals surface area contributed by atoms with E-state index in [1.807, 2.05) is 6.92 Å². The third kappa shape index (κ3) is 4.34. The number of benzene rings is 2. The molecule has 8 heteroatoms. The van der Waals surface area contributed by atoms with Crippen LogP contribution in [0.2, 0.25) is 0 Å². The van der Waals surface area contributed by atoms with Gasteiger partial charge in [0.05, 0.1) is 4.92 Å². The normalized spacial score (nSPS) is 10.6. The Bertz CT molecular complexity index is 778. The molecule has 0 bridgehead atoms. The van der Waals surface area contributed by atoms with E-state index >= 15 is 0 Å². The van der Waals surface area contributed by atoms with Crippen molar-refractivity contribution in [2.24, 2.45) is 0 Å². The molecular formula is C17H19BrN4O3. The van der Waals surface area contributed by atoms with Crippen molar-refractivity contribution in [3.8, 4) is 0 Å². The van der Waals surface area contributed by atoms with Crippen molar-refractivity contribution in [2.75, 3.05) is 31.0 Å². The third-order valence-corrected chi connectivity index (χ3v) is 4.13. The van der Waals surface area contributed by atoms with Gasteiger partial charge in [-0.1, -0.05) is 22.0 Å². The average Bonchev–Trinajstić information content (AvgIpc) is 2.56. The van der Waals surface area contributed by atoms with Gasteiger partial charge in [-0.2, -0.15) is 0 Å². The summed E-state index contributed by atoms with van der Waals surface area (Å²) in [7, 11) is 3.59. The third-order valence-electron chi connectivity index (χ3n) is 3.60. The standard InChI is InChI=1S/C17H19BrN4O3/c1-4-21(20(2)3)15-7-5-6-14(16(15)22(24)25)17(23)19-13-10-8-12(18)9-11-13/h5-11H,4H2,1-3H3,(H,19,23). The number of hydrazine groups is 1. The van der Waals surface area contributed by atoms with Crippen molar-refractivity contribution in [1.29, 1.82) is 0 Å². The fourth-order valence-electron chi connectivity index (χ4n) is 2.52. The zero-order valence-corrected chi connectivity index (χ0v) is 15.8. The van der Waals surface area contributed by atoms with Crippen molar-refractivity contribution in [3.05, 3.63) is 62.6 Å². The number of carbonyl (C=O) groups is 1. The number of rotatable bonds is 6. The fraction of sp³-hybridized carbons (Fsp3) is 0.235. The number of amides is 1. The number of nitrogens with zero attached hydrogens (tertiary/aromatic N) is 3. The van der Waals surface area contributed by atoms with Crippen LogP contribution in [0.3, 0.4) is 0 Å². The summed E-state index contributed by atoms with van der Waals surface area (Å²) in [5.41, 5.74) is 0.743. The van der Waals surface area contributed by atoms with Crippen molar-refractivity contribution in [1.82, 2.24) is 5.01 Å². The van der Waals surface area contributed by atoms with Crippen LogP contribution in [0.25, 0.3) is 0 Å². The highest BCUT2D eigenvalue weighted by molar-refractivity contribution is 9.10. The molecule has 0 aliphatic heterocycles. The number of anilines is 2. The molecule has 2 rings (SSSR count). The predicted octanol–water partition coefficient (Wildman–Crippen LogP) is 3.91. The molecule has 0 aliphatic carbocycles. The smallest absolute Gasteiger partial charge is 0.306 e. The Morgan fingerprint density at radius 2 is 1.84 bits per heavy atom. The highest BCUT2D eigenvalue weighted by Gasteiger charge is 2.28. The Balaban J connectivity index is 2.44. The molecule has 7 nitrogen and oxygen atoms in total. The first kappa shape index (κ1) is 18.9. The minimum absolute atomic E-state index is 0.0192. The highest BCUT2D eigenvalue weighted by Crippen LogP contribution is 2.32. The first-order valence-electron chi connectivity index (χ1n) is 7.64. The molecule has 0 aliphatic rings. The van der Waals surface area contributed by atoms with Gasteiger partial charge in [0, 0.05) is 30.8 Å². The molecule has 0 heterocycles. The Morgan fingerprint density at radius 3 is 2.36 bits per heavy atom. The maximum absolute atomic E-state index is 12.6. The van der Waals surface area contributed by atoms with E-state index in [0.29, 0.717) is 17.9 Å². The Kier molecular flexibility index (Phi) is 6.11. The molecule has 0 aromatic heterocycles. The van der Waals surface area contributed by atoms with Crippen LogP contribution in [0.5, 0.6) is 0 Å². The number of hydrogen-bond acceptors (Lipinski definition) is 5. The summed E-state index contributed by atoms with van der Waals surface area (Å²) in [6.45, 7) is 2.42. The summed E-state index contributed by atoms with van der Waals surface area (Å²) in [5, 5.41) is 17.8. The summed E-state index contributed by atoms with van der Waals surface area (Å²) in [4.78, 5) is 23.7. The quantitative estimate of drug-likeness (QED) is 0.580. The molecular weight excluding hydrogens is 388 g/mol. The van der Waals surface area contributed by atoms with E-state index in [4.69, 9.17) is 0 Å². The van der Waals surface area contributed by atoms with Crippen LogP contribution in [0, 0.1) is 10.1 Å². The summed E-state index contributed by atoms with van der Waals surface area (Å²) in [6.07, 6.45) is 0. The SMILES string of the molecule is CCN(c1cccc(C(=O)Nc2ccc(Br)cc2)c1[N+](=O)[O-])N(C)C. The number of nitro benzene ring substituents is 1. The van der Waals surface area contributed by atoms with E-state index in [9.17, 15) is 14.9 Å². The van der Waals surface area contributed by atoms with Crippen LogP contribution in [0.15, 0.2) is 46.9 Å². The van der Waals surface area contributed by atoms with E-state index in [1.54, 1.807) is 60.5 Å². The predicted molar refractivity (Wildman–Crippen MR) is 102 cm³/mol. The molecule has 0 radical (unpaired) electrons. The number of nitrogens with one attached hydrogen (secondary N) is 1. The lowest BCUT2D eigenvalue weighted by atomic mass is 10.1. The van der Waals surface area contributed by atoms with Gasteiger partial charge in [-0.25, -0.2) is 5.01 Å². The van der Waals surface area contributed by atoms with Gasteiger partial charge in [0.1, 0.15) is 11.3 Å². The molecule has 0 spiro atoms. The first-order chi connectivity index (χ1) is 11.8. The molecule has 1 amide bonds. The van der Waals surface area contributed by atoms with Gasteiger partial charge in [-0.05, 0) is 43.3 Å². The molecule has 0 saturated carbocycles. The van der Waals surface area contributed by atoms with E-state index in [2.05, 4.69) is 21.2 Å². The monoisotopic (exact) mass is 406 g/mol. The highest BCUT2D eigenvalue weighted by atomic mass is 79.9. The average molecular weight is 407 g/mol. The maximum Gasteiger partial charge on any atom is 0.306 e. The first-order valence-corrected chi connectivity index (χ1v) is 8.43. The molecule has 0 saturated heterocycles. The second-order valence-electron chi connectivity index (χ2n) is 5.45. The van der Waals surface area contributed by atoms with Crippen molar-refractivity contribution >= 4 is 38.9 Å². The number of hydrogen-bond donors (Lipinski definition) is 1. The minimum Gasteiger partial charge on any atom is -0.322 e. The van der Waals surface area contributed by atoms with Crippen LogP contribution in [-0.4, -0.2) is 36.5 Å². The zero-order valence-electron chi connectivity index (χ0n) is 14.2. The maximum atomic E-state index is 12.6. The zero-order chi connectivity index (χ0) is 18.6. The van der Waals surface area contributed by atoms with Crippen LogP contribution in [0.1, 0.15) is 17.3 Å². The molecule has 132 valence electrons. The lowest BCUT2D eigenvalue weighted by Crippen LogP contribution is -2.37. The Labute approximate surface area is 154 Å². The Hall–Kier alpha value is -2.45. The van der Waals surface area contributed by atoms with E-state index < -0.39 is 10.8 Å². The van der Waals surface area contributed by atoms with Crippen LogP contribution in [0.4, 0.5) is 17.1 Å². The van der Waals surface area contributed by atoms with Gasteiger partial charge >= 0.3 is 5.69 Å². The van der Waals surface area contributed by atoms with E-state index in [0.717, 1.165) is 4.47 Å². The van der Waals surface area contributed by atoms with Crippen molar-refractivity contribution in [3.63, 3.8) is 0 Å². The summed E-state index contributed by atoms with van der Waals surface area (Å²) in [6, 6.07) is 11.7. The van der Waals surface area contributed by atoms with Gasteiger partial charge in [0.25, 0.3) is 5.91 Å². The van der Waals surface area contributed by atoms with Crippen molar-refractivity contribution in [2.45, 2.75) is 6.92 Å². The number of para-hydroxylation sites is 1. The number of halogens is 1. The molecule has 2 aromatic carbocycles. The van der Waals surface area contributed by atoms with Crippen molar-refractivity contribution < 1.29 is 9.72 Å². The topological polar surface area (TPSA) is 78.7 Å². The lowest BCUT2D eigenvalue weighted by molar-refractivity contribution is -0.384. The molecule has 0 unspecified atom stereocenters. The summed E-state index contributed by atoms with van der Waals surface area (Å²) in [5.74, 6) is -0.523. The number of nitro groups is 1. The van der Waals surface area contributed by atoms with Gasteiger partial charge in [0.2, 0.25) is 0 Å². The molecule has 0 atom stereocenters.